The van der Waals surface area contributed by atoms with Gasteiger partial charge in [0.05, 0.1) is 13.0 Å². The molecule has 0 aromatic rings. The van der Waals surface area contributed by atoms with Gasteiger partial charge in [0.15, 0.2) is 0 Å². The highest BCUT2D eigenvalue weighted by atomic mass is 16.5. The van der Waals surface area contributed by atoms with Crippen molar-refractivity contribution in [1.29, 1.82) is 0 Å². The summed E-state index contributed by atoms with van der Waals surface area (Å²) < 4.78 is 4.66. The van der Waals surface area contributed by atoms with Crippen molar-refractivity contribution in [2.24, 2.45) is 0 Å². The van der Waals surface area contributed by atoms with Crippen LogP contribution in [0.25, 0.3) is 0 Å². The minimum absolute atomic E-state index is 0.194. The zero-order chi connectivity index (χ0) is 7.82. The second-order valence-electron chi connectivity index (χ2n) is 1.67. The molecule has 0 spiro atoms. The van der Waals surface area contributed by atoms with Gasteiger partial charge in [0, 0.05) is 0 Å². The monoisotopic (exact) mass is 140 g/mol. The number of ether oxygens (including phenoxy) is 1. The fourth-order valence-electron chi connectivity index (χ4n) is 0.480. The zero-order valence-electron chi connectivity index (χ0n) is 6.17. The first kappa shape index (κ1) is 8.95. The molecule has 0 N–H and O–H groups in total. The first-order chi connectivity index (χ1) is 4.81. The van der Waals surface area contributed by atoms with E-state index in [-0.39, 0.29) is 5.97 Å². The average molecular weight is 140 g/mol. The molecule has 0 atom stereocenters. The molecule has 0 aromatic carbocycles. The number of allylic oxidation sites excluding steroid dienone is 2. The molecular formula is C8H12O2. The smallest absolute Gasteiger partial charge is 0.309 e. The third-order valence-corrected chi connectivity index (χ3v) is 0.862. The lowest BCUT2D eigenvalue weighted by Crippen LogP contribution is -2.01. The summed E-state index contributed by atoms with van der Waals surface area (Å²) in [5, 5.41) is 0. The van der Waals surface area contributed by atoms with Gasteiger partial charge in [0.2, 0.25) is 0 Å². The van der Waals surface area contributed by atoms with E-state index in [0.717, 1.165) is 0 Å². The molecule has 2 heteroatoms. The average Bonchev–Trinajstić information content (AvgIpc) is 1.89. The van der Waals surface area contributed by atoms with Crippen LogP contribution in [0.3, 0.4) is 0 Å². The van der Waals surface area contributed by atoms with Crippen LogP contribution in [0, 0.1) is 0 Å². The Morgan fingerprint density at radius 3 is 2.90 bits per heavy atom. The predicted octanol–water partition coefficient (Wildman–Crippen LogP) is 1.68. The van der Waals surface area contributed by atoms with E-state index in [1.807, 2.05) is 0 Å². The van der Waals surface area contributed by atoms with Gasteiger partial charge >= 0.3 is 5.97 Å². The van der Waals surface area contributed by atoms with Crippen LogP contribution in [0.1, 0.15) is 13.3 Å². The molecule has 0 rings (SSSR count). The normalized spacial score (nSPS) is 9.70. The standard InChI is InChI=1S/C8H12O2/c1-3-5-6-7-8(9)10-4-2/h3,5-6H,1,4,7H2,2H3. The maximum atomic E-state index is 10.6. The maximum absolute atomic E-state index is 10.6. The maximum Gasteiger partial charge on any atom is 0.309 e. The summed E-state index contributed by atoms with van der Waals surface area (Å²) in [5.74, 6) is -0.194. The van der Waals surface area contributed by atoms with Crippen LogP contribution < -0.4 is 0 Å². The van der Waals surface area contributed by atoms with Crippen LogP contribution in [0.15, 0.2) is 24.8 Å². The molecule has 0 amide bonds. The quantitative estimate of drug-likeness (QED) is 0.438. The van der Waals surface area contributed by atoms with Gasteiger partial charge in [0.25, 0.3) is 0 Å². The molecule has 0 aliphatic rings. The molecule has 0 unspecified atom stereocenters. The Hall–Kier alpha value is -1.05. The minimum Gasteiger partial charge on any atom is -0.466 e. The number of carbonyl (C=O) groups is 1. The molecular weight excluding hydrogens is 128 g/mol. The van der Waals surface area contributed by atoms with E-state index < -0.39 is 0 Å². The summed E-state index contributed by atoms with van der Waals surface area (Å²) in [4.78, 5) is 10.6. The number of hydrogen-bond donors (Lipinski definition) is 0. The largest absolute Gasteiger partial charge is 0.466 e. The van der Waals surface area contributed by atoms with E-state index >= 15 is 0 Å². The van der Waals surface area contributed by atoms with E-state index in [2.05, 4.69) is 11.3 Å². The lowest BCUT2D eigenvalue weighted by atomic mass is 10.4. The van der Waals surface area contributed by atoms with Gasteiger partial charge in [-0.3, -0.25) is 4.79 Å². The van der Waals surface area contributed by atoms with Gasteiger partial charge in [-0.15, -0.1) is 0 Å². The molecule has 0 heterocycles. The Kier molecular flexibility index (Phi) is 5.44. The Bertz CT molecular complexity index is 136. The van der Waals surface area contributed by atoms with Crippen molar-refractivity contribution in [2.75, 3.05) is 6.61 Å². The van der Waals surface area contributed by atoms with Crippen LogP contribution in [0.2, 0.25) is 0 Å². The SMILES string of the molecule is C=CC=CCC(=O)OCC. The molecule has 0 aliphatic heterocycles. The molecule has 0 fully saturated rings. The van der Waals surface area contributed by atoms with Crippen LogP contribution in [0.4, 0.5) is 0 Å². The lowest BCUT2D eigenvalue weighted by Gasteiger charge is -1.95. The van der Waals surface area contributed by atoms with Crippen molar-refractivity contribution in [3.8, 4) is 0 Å². The summed E-state index contributed by atoms with van der Waals surface area (Å²) in [7, 11) is 0. The summed E-state index contributed by atoms with van der Waals surface area (Å²) >= 11 is 0. The molecule has 56 valence electrons. The highest BCUT2D eigenvalue weighted by Gasteiger charge is 1.94. The molecule has 0 bridgehead atoms. The first-order valence-electron chi connectivity index (χ1n) is 3.24. The topological polar surface area (TPSA) is 26.3 Å². The van der Waals surface area contributed by atoms with Gasteiger partial charge in [0.1, 0.15) is 0 Å². The highest BCUT2D eigenvalue weighted by Crippen LogP contribution is 1.87. The summed E-state index contributed by atoms with van der Waals surface area (Å²) in [6.07, 6.45) is 5.39. The number of esters is 1. The first-order valence-corrected chi connectivity index (χ1v) is 3.24. The second kappa shape index (κ2) is 6.08. The van der Waals surface area contributed by atoms with Crippen molar-refractivity contribution in [3.05, 3.63) is 24.8 Å². The third kappa shape index (κ3) is 5.09. The Morgan fingerprint density at radius 2 is 2.40 bits per heavy atom. The van der Waals surface area contributed by atoms with Crippen LogP contribution >= 0.6 is 0 Å². The fourth-order valence-corrected chi connectivity index (χ4v) is 0.480. The minimum atomic E-state index is -0.194. The third-order valence-electron chi connectivity index (χ3n) is 0.862. The second-order valence-corrected chi connectivity index (χ2v) is 1.67. The molecule has 10 heavy (non-hydrogen) atoms. The highest BCUT2D eigenvalue weighted by molar-refractivity contribution is 5.71. The molecule has 0 aromatic heterocycles. The summed E-state index contributed by atoms with van der Waals surface area (Å²) in [5.41, 5.74) is 0. The van der Waals surface area contributed by atoms with E-state index in [4.69, 9.17) is 0 Å². The van der Waals surface area contributed by atoms with Crippen LogP contribution in [-0.2, 0) is 9.53 Å². The van der Waals surface area contributed by atoms with Gasteiger partial charge in [-0.05, 0) is 6.92 Å². The molecule has 2 nitrogen and oxygen atoms in total. The van der Waals surface area contributed by atoms with E-state index in [1.54, 1.807) is 25.2 Å². The van der Waals surface area contributed by atoms with Crippen LogP contribution in [0.5, 0.6) is 0 Å². The van der Waals surface area contributed by atoms with Gasteiger partial charge in [-0.25, -0.2) is 0 Å². The van der Waals surface area contributed by atoms with Crippen molar-refractivity contribution in [3.63, 3.8) is 0 Å². The summed E-state index contributed by atoms with van der Waals surface area (Å²) in [6, 6.07) is 0. The van der Waals surface area contributed by atoms with E-state index in [0.29, 0.717) is 13.0 Å². The Labute approximate surface area is 61.2 Å². The van der Waals surface area contributed by atoms with Gasteiger partial charge in [-0.2, -0.15) is 0 Å². The molecule has 0 aliphatic carbocycles. The summed E-state index contributed by atoms with van der Waals surface area (Å²) in [6.45, 7) is 5.70. The Morgan fingerprint density at radius 1 is 1.70 bits per heavy atom. The Balaban J connectivity index is 3.38. The van der Waals surface area contributed by atoms with Gasteiger partial charge in [-0.1, -0.05) is 24.8 Å². The molecule has 0 saturated carbocycles. The fraction of sp³-hybridized carbons (Fsp3) is 0.375. The number of hydrogen-bond acceptors (Lipinski definition) is 2. The van der Waals surface area contributed by atoms with Gasteiger partial charge < -0.3 is 4.74 Å². The number of rotatable bonds is 4. The van der Waals surface area contributed by atoms with E-state index in [1.165, 1.54) is 0 Å². The zero-order valence-corrected chi connectivity index (χ0v) is 6.17. The predicted molar refractivity (Wildman–Crippen MR) is 40.6 cm³/mol. The molecule has 0 radical (unpaired) electrons. The van der Waals surface area contributed by atoms with Crippen molar-refractivity contribution >= 4 is 5.97 Å². The molecule has 0 saturated heterocycles. The van der Waals surface area contributed by atoms with Crippen LogP contribution in [-0.4, -0.2) is 12.6 Å². The van der Waals surface area contributed by atoms with Crippen molar-refractivity contribution < 1.29 is 9.53 Å². The van der Waals surface area contributed by atoms with E-state index in [9.17, 15) is 4.79 Å². The lowest BCUT2D eigenvalue weighted by molar-refractivity contribution is -0.142. The van der Waals surface area contributed by atoms with Crippen molar-refractivity contribution in [2.45, 2.75) is 13.3 Å². The van der Waals surface area contributed by atoms with Crippen molar-refractivity contribution in [1.82, 2.24) is 0 Å². The number of carbonyl (C=O) groups excluding carboxylic acids is 1.